The van der Waals surface area contributed by atoms with Crippen LogP contribution in [0.2, 0.25) is 0 Å². The second-order valence-corrected chi connectivity index (χ2v) is 8.78. The largest absolute Gasteiger partial charge is 0.370 e. The quantitative estimate of drug-likeness (QED) is 0.714. The highest BCUT2D eigenvalue weighted by atomic mass is 79.9. The molecule has 136 valence electrons. The Bertz CT molecular complexity index is 840. The number of anilines is 1. The Hall–Kier alpha value is -1.91. The first kappa shape index (κ1) is 18.9. The minimum atomic E-state index is -0.406. The Kier molecular flexibility index (Phi) is 5.94. The van der Waals surface area contributed by atoms with Crippen LogP contribution in [0.25, 0.3) is 0 Å². The number of piperidine rings is 1. The maximum Gasteiger partial charge on any atom is 0.225 e. The summed E-state index contributed by atoms with van der Waals surface area (Å²) in [5.41, 5.74) is 2.21. The number of hydrogen-bond acceptors (Lipinski definition) is 4. The summed E-state index contributed by atoms with van der Waals surface area (Å²) < 4.78 is 14.4. The van der Waals surface area contributed by atoms with E-state index in [1.54, 1.807) is 22.3 Å². The van der Waals surface area contributed by atoms with Crippen LogP contribution in [0.15, 0.2) is 33.4 Å². The van der Waals surface area contributed by atoms with E-state index in [0.29, 0.717) is 25.2 Å². The first-order valence-corrected chi connectivity index (χ1v) is 10.1. The highest BCUT2D eigenvalue weighted by molar-refractivity contribution is 9.11. The van der Waals surface area contributed by atoms with Crippen molar-refractivity contribution in [2.75, 3.05) is 25.0 Å². The molecule has 1 aliphatic heterocycles. The lowest BCUT2D eigenvalue weighted by molar-refractivity contribution is -0.135. The first-order chi connectivity index (χ1) is 12.5. The third-order valence-corrected chi connectivity index (χ3v) is 6.23. The molecule has 1 saturated heterocycles. The summed E-state index contributed by atoms with van der Waals surface area (Å²) in [7, 11) is 1.84. The maximum atomic E-state index is 13.3. The number of hydrogen-bond donors (Lipinski definition) is 0. The number of amides is 1. The molecule has 2 heterocycles. The molecule has 0 radical (unpaired) electrons. The number of benzene rings is 1. The number of halogens is 2. The van der Waals surface area contributed by atoms with Crippen LogP contribution in [0, 0.1) is 23.1 Å². The van der Waals surface area contributed by atoms with Crippen LogP contribution in [-0.2, 0) is 11.3 Å². The topological polar surface area (TPSA) is 47.3 Å². The van der Waals surface area contributed by atoms with Crippen molar-refractivity contribution in [3.8, 4) is 6.07 Å². The SMILES string of the molecule is CN(Cc1csc(Br)c1)C(=O)C1CCN(c2ccc(F)cc2C#N)CC1. The minimum absolute atomic E-state index is 0.00990. The smallest absolute Gasteiger partial charge is 0.225 e. The van der Waals surface area contributed by atoms with Crippen molar-refractivity contribution in [3.63, 3.8) is 0 Å². The molecule has 0 spiro atoms. The number of thiophene rings is 1. The molecule has 1 amide bonds. The van der Waals surface area contributed by atoms with Gasteiger partial charge in [0.15, 0.2) is 0 Å². The predicted molar refractivity (Wildman–Crippen MR) is 105 cm³/mol. The average molecular weight is 436 g/mol. The van der Waals surface area contributed by atoms with Crippen molar-refractivity contribution in [1.82, 2.24) is 4.90 Å². The van der Waals surface area contributed by atoms with Gasteiger partial charge in [0.05, 0.1) is 15.0 Å². The second-order valence-electron chi connectivity index (χ2n) is 6.49. The molecular weight excluding hydrogens is 417 g/mol. The van der Waals surface area contributed by atoms with Crippen molar-refractivity contribution in [2.45, 2.75) is 19.4 Å². The molecule has 2 aromatic rings. The highest BCUT2D eigenvalue weighted by Crippen LogP contribution is 2.28. The Morgan fingerprint density at radius 2 is 2.15 bits per heavy atom. The van der Waals surface area contributed by atoms with E-state index in [-0.39, 0.29) is 11.8 Å². The van der Waals surface area contributed by atoms with Crippen molar-refractivity contribution in [2.24, 2.45) is 5.92 Å². The summed E-state index contributed by atoms with van der Waals surface area (Å²) in [6, 6.07) is 8.38. The number of carbonyl (C=O) groups is 1. The molecule has 26 heavy (non-hydrogen) atoms. The van der Waals surface area contributed by atoms with Crippen LogP contribution in [-0.4, -0.2) is 30.9 Å². The van der Waals surface area contributed by atoms with Crippen LogP contribution < -0.4 is 4.90 Å². The van der Waals surface area contributed by atoms with Gasteiger partial charge in [0.25, 0.3) is 0 Å². The van der Waals surface area contributed by atoms with Crippen LogP contribution in [0.3, 0.4) is 0 Å². The van der Waals surface area contributed by atoms with E-state index in [0.717, 1.165) is 27.9 Å². The van der Waals surface area contributed by atoms with Gasteiger partial charge in [-0.1, -0.05) is 0 Å². The lowest BCUT2D eigenvalue weighted by atomic mass is 9.94. The fourth-order valence-corrected chi connectivity index (χ4v) is 4.53. The predicted octanol–water partition coefficient (Wildman–Crippen LogP) is 4.40. The average Bonchev–Trinajstić information content (AvgIpc) is 3.05. The van der Waals surface area contributed by atoms with E-state index in [2.05, 4.69) is 32.3 Å². The third kappa shape index (κ3) is 4.25. The minimum Gasteiger partial charge on any atom is -0.370 e. The summed E-state index contributed by atoms with van der Waals surface area (Å²) in [5, 5.41) is 11.3. The molecule has 3 rings (SSSR count). The maximum absolute atomic E-state index is 13.3. The van der Waals surface area contributed by atoms with Gasteiger partial charge in [-0.2, -0.15) is 5.26 Å². The zero-order chi connectivity index (χ0) is 18.7. The normalized spacial score (nSPS) is 14.9. The third-order valence-electron chi connectivity index (χ3n) is 4.68. The molecule has 1 aromatic carbocycles. The lowest BCUT2D eigenvalue weighted by Gasteiger charge is -2.35. The van der Waals surface area contributed by atoms with E-state index >= 15 is 0 Å². The molecule has 0 unspecified atom stereocenters. The van der Waals surface area contributed by atoms with Gasteiger partial charge in [-0.25, -0.2) is 4.39 Å². The van der Waals surface area contributed by atoms with Gasteiger partial charge in [-0.15, -0.1) is 11.3 Å². The fourth-order valence-electron chi connectivity index (χ4n) is 3.33. The Labute approximate surface area is 165 Å². The van der Waals surface area contributed by atoms with Crippen LogP contribution in [0.4, 0.5) is 10.1 Å². The van der Waals surface area contributed by atoms with Gasteiger partial charge in [-0.3, -0.25) is 4.79 Å². The summed E-state index contributed by atoms with van der Waals surface area (Å²) >= 11 is 5.06. The van der Waals surface area contributed by atoms with Crippen LogP contribution >= 0.6 is 27.3 Å². The number of carbonyl (C=O) groups excluding carboxylic acids is 1. The van der Waals surface area contributed by atoms with Gasteiger partial charge in [0.1, 0.15) is 11.9 Å². The van der Waals surface area contributed by atoms with Crippen molar-refractivity contribution < 1.29 is 9.18 Å². The Balaban J connectivity index is 1.59. The van der Waals surface area contributed by atoms with Gasteiger partial charge >= 0.3 is 0 Å². The van der Waals surface area contributed by atoms with Gasteiger partial charge in [-0.05, 0) is 64.0 Å². The van der Waals surface area contributed by atoms with E-state index in [1.807, 2.05) is 13.1 Å². The van der Waals surface area contributed by atoms with Crippen molar-refractivity contribution in [1.29, 1.82) is 5.26 Å². The molecule has 1 aromatic heterocycles. The zero-order valence-electron chi connectivity index (χ0n) is 14.4. The van der Waals surface area contributed by atoms with Crippen molar-refractivity contribution in [3.05, 3.63) is 50.4 Å². The highest BCUT2D eigenvalue weighted by Gasteiger charge is 2.28. The van der Waals surface area contributed by atoms with Gasteiger partial charge in [0, 0.05) is 32.6 Å². The van der Waals surface area contributed by atoms with E-state index in [4.69, 9.17) is 0 Å². The molecule has 0 atom stereocenters. The molecule has 7 heteroatoms. The standard InChI is InChI=1S/C19H19BrFN3OS/c1-23(11-13-8-18(20)26-12-13)19(25)14-4-6-24(7-5-14)17-3-2-16(21)9-15(17)10-22/h2-3,8-9,12,14H,4-7,11H2,1H3. The van der Waals surface area contributed by atoms with Gasteiger partial charge < -0.3 is 9.80 Å². The second kappa shape index (κ2) is 8.19. The summed E-state index contributed by atoms with van der Waals surface area (Å²) in [4.78, 5) is 16.6. The van der Waals surface area contributed by atoms with Crippen molar-refractivity contribution >= 4 is 38.9 Å². The molecule has 1 aliphatic rings. The number of nitrogens with zero attached hydrogens (tertiary/aromatic N) is 3. The van der Waals surface area contributed by atoms with E-state index < -0.39 is 5.82 Å². The molecular formula is C19H19BrFN3OS. The Morgan fingerprint density at radius 3 is 2.77 bits per heavy atom. The first-order valence-electron chi connectivity index (χ1n) is 8.40. The number of nitriles is 1. The summed E-state index contributed by atoms with van der Waals surface area (Å²) in [6.45, 7) is 1.99. The molecule has 0 aliphatic carbocycles. The molecule has 1 fully saturated rings. The van der Waals surface area contributed by atoms with Crippen LogP contribution in [0.1, 0.15) is 24.0 Å². The van der Waals surface area contributed by atoms with E-state index in [1.165, 1.54) is 12.1 Å². The summed E-state index contributed by atoms with van der Waals surface area (Å²) in [6.07, 6.45) is 1.47. The fraction of sp³-hybridized carbons (Fsp3) is 0.368. The molecule has 0 bridgehead atoms. The lowest BCUT2D eigenvalue weighted by Crippen LogP contribution is -2.41. The van der Waals surface area contributed by atoms with Crippen LogP contribution in [0.5, 0.6) is 0 Å². The van der Waals surface area contributed by atoms with Gasteiger partial charge in [0.2, 0.25) is 5.91 Å². The summed E-state index contributed by atoms with van der Waals surface area (Å²) in [5.74, 6) is -0.257. The zero-order valence-corrected chi connectivity index (χ0v) is 16.8. The number of rotatable bonds is 4. The monoisotopic (exact) mass is 435 g/mol. The molecule has 4 nitrogen and oxygen atoms in total. The molecule has 0 N–H and O–H groups in total. The molecule has 0 saturated carbocycles. The van der Waals surface area contributed by atoms with E-state index in [9.17, 15) is 14.4 Å². The Morgan fingerprint density at radius 1 is 1.42 bits per heavy atom.